The molecule has 2 atom stereocenters. The molecular formula is C15H23N5O. The Kier molecular flexibility index (Phi) is 4.34. The molecule has 6 heteroatoms. The van der Waals surface area contributed by atoms with E-state index < -0.39 is 0 Å². The number of nitrogens with zero attached hydrogens (tertiary/aromatic N) is 2. The molecule has 21 heavy (non-hydrogen) atoms. The van der Waals surface area contributed by atoms with E-state index in [9.17, 15) is 4.79 Å². The molecule has 1 aromatic rings. The summed E-state index contributed by atoms with van der Waals surface area (Å²) in [7, 11) is 0. The lowest BCUT2D eigenvalue weighted by atomic mass is 9.67. The fourth-order valence-electron chi connectivity index (χ4n) is 3.62. The van der Waals surface area contributed by atoms with Crippen molar-refractivity contribution < 1.29 is 4.79 Å². The van der Waals surface area contributed by atoms with Crippen molar-refractivity contribution in [1.29, 1.82) is 0 Å². The van der Waals surface area contributed by atoms with Gasteiger partial charge in [-0.2, -0.15) is 0 Å². The third-order valence-corrected chi connectivity index (χ3v) is 4.77. The Hall–Kier alpha value is -1.69. The first-order valence-corrected chi connectivity index (χ1v) is 7.80. The second kappa shape index (κ2) is 6.39. The highest BCUT2D eigenvalue weighted by Gasteiger charge is 2.49. The van der Waals surface area contributed by atoms with Crippen molar-refractivity contribution in [3.63, 3.8) is 0 Å². The zero-order valence-corrected chi connectivity index (χ0v) is 12.3. The highest BCUT2D eigenvalue weighted by molar-refractivity contribution is 5.83. The van der Waals surface area contributed by atoms with Crippen LogP contribution >= 0.6 is 0 Å². The Labute approximate surface area is 125 Å². The first kappa shape index (κ1) is 14.3. The molecule has 6 nitrogen and oxygen atoms in total. The molecule has 1 amide bonds. The highest BCUT2D eigenvalue weighted by Crippen LogP contribution is 2.43. The van der Waals surface area contributed by atoms with Gasteiger partial charge in [0.15, 0.2) is 0 Å². The second-order valence-electron chi connectivity index (χ2n) is 6.00. The van der Waals surface area contributed by atoms with Crippen molar-refractivity contribution in [2.75, 3.05) is 31.5 Å². The second-order valence-corrected chi connectivity index (χ2v) is 6.00. The maximum Gasteiger partial charge on any atom is 0.227 e. The van der Waals surface area contributed by atoms with E-state index in [4.69, 9.17) is 0 Å². The van der Waals surface area contributed by atoms with Gasteiger partial charge in [0.1, 0.15) is 5.82 Å². The molecule has 1 saturated heterocycles. The summed E-state index contributed by atoms with van der Waals surface area (Å²) < 4.78 is 0. The van der Waals surface area contributed by atoms with Crippen LogP contribution in [0.5, 0.6) is 0 Å². The molecule has 0 aromatic carbocycles. The average molecular weight is 289 g/mol. The number of carbonyl (C=O) groups is 1. The van der Waals surface area contributed by atoms with E-state index in [0.717, 1.165) is 25.3 Å². The molecule has 1 saturated carbocycles. The predicted molar refractivity (Wildman–Crippen MR) is 80.8 cm³/mol. The predicted octanol–water partition coefficient (Wildman–Crippen LogP) is 0.784. The minimum absolute atomic E-state index is 0.162. The molecule has 114 valence electrons. The van der Waals surface area contributed by atoms with E-state index >= 15 is 0 Å². The van der Waals surface area contributed by atoms with Crippen LogP contribution in [0.3, 0.4) is 0 Å². The van der Waals surface area contributed by atoms with Crippen LogP contribution in [0.4, 0.5) is 5.82 Å². The standard InChI is InChI=1S/C15H23N5O/c21-14(15-4-2-1-3-12(15)9-17-11-15)20-8-7-19-13-10-16-5-6-18-13/h5-6,10,12,17H,1-4,7-9,11H2,(H,18,19)(H,20,21)/t12-,15+/m0/s1. The topological polar surface area (TPSA) is 78.9 Å². The molecule has 0 bridgehead atoms. The lowest BCUT2D eigenvalue weighted by Gasteiger charge is -2.37. The molecule has 3 N–H and O–H groups in total. The van der Waals surface area contributed by atoms with Crippen molar-refractivity contribution in [1.82, 2.24) is 20.6 Å². The molecule has 0 spiro atoms. The van der Waals surface area contributed by atoms with Crippen LogP contribution in [0.1, 0.15) is 25.7 Å². The lowest BCUT2D eigenvalue weighted by Crippen LogP contribution is -2.48. The number of nitrogens with one attached hydrogen (secondary N) is 3. The Morgan fingerprint density at radius 3 is 3.19 bits per heavy atom. The summed E-state index contributed by atoms with van der Waals surface area (Å²) in [6, 6.07) is 0. The number of aromatic nitrogens is 2. The Balaban J connectivity index is 1.47. The normalized spacial score (nSPS) is 27.9. The number of carbonyl (C=O) groups excluding carboxylic acids is 1. The van der Waals surface area contributed by atoms with Crippen LogP contribution in [0.25, 0.3) is 0 Å². The van der Waals surface area contributed by atoms with Gasteiger partial charge >= 0.3 is 0 Å². The Morgan fingerprint density at radius 2 is 2.33 bits per heavy atom. The maximum absolute atomic E-state index is 12.6. The van der Waals surface area contributed by atoms with Gasteiger partial charge < -0.3 is 16.0 Å². The van der Waals surface area contributed by atoms with Crippen LogP contribution in [0, 0.1) is 11.3 Å². The quantitative estimate of drug-likeness (QED) is 0.698. The van der Waals surface area contributed by atoms with E-state index in [-0.39, 0.29) is 11.3 Å². The van der Waals surface area contributed by atoms with E-state index in [1.807, 2.05) is 0 Å². The molecule has 0 unspecified atom stereocenters. The number of amides is 1. The first-order valence-electron chi connectivity index (χ1n) is 7.80. The van der Waals surface area contributed by atoms with Crippen LogP contribution in [-0.4, -0.2) is 42.1 Å². The lowest BCUT2D eigenvalue weighted by molar-refractivity contribution is -0.133. The summed E-state index contributed by atoms with van der Waals surface area (Å²) in [5.74, 6) is 1.47. The SMILES string of the molecule is O=C(NCCNc1cnccn1)[C@@]12CCCC[C@H]1CNC2. The zero-order chi connectivity index (χ0) is 14.5. The smallest absolute Gasteiger partial charge is 0.227 e. The zero-order valence-electron chi connectivity index (χ0n) is 12.3. The van der Waals surface area contributed by atoms with Gasteiger partial charge in [-0.15, -0.1) is 0 Å². The number of anilines is 1. The number of rotatable bonds is 5. The molecule has 1 aromatic heterocycles. The van der Waals surface area contributed by atoms with Gasteiger partial charge in [0.2, 0.25) is 5.91 Å². The van der Waals surface area contributed by atoms with Gasteiger partial charge in [0.05, 0.1) is 11.6 Å². The van der Waals surface area contributed by atoms with Gasteiger partial charge in [-0.3, -0.25) is 9.78 Å². The molecular weight excluding hydrogens is 266 g/mol. The molecule has 0 radical (unpaired) electrons. The molecule has 1 aliphatic heterocycles. The van der Waals surface area contributed by atoms with Crippen LogP contribution in [0.2, 0.25) is 0 Å². The first-order chi connectivity index (χ1) is 10.3. The van der Waals surface area contributed by atoms with Crippen LogP contribution in [-0.2, 0) is 4.79 Å². The summed E-state index contributed by atoms with van der Waals surface area (Å²) in [5.41, 5.74) is -0.162. The van der Waals surface area contributed by atoms with Crippen LogP contribution in [0.15, 0.2) is 18.6 Å². The summed E-state index contributed by atoms with van der Waals surface area (Å²) in [5, 5.41) is 9.66. The third kappa shape index (κ3) is 3.00. The fraction of sp³-hybridized carbons (Fsp3) is 0.667. The van der Waals surface area contributed by atoms with Gasteiger partial charge in [0.25, 0.3) is 0 Å². The van der Waals surface area contributed by atoms with E-state index in [2.05, 4.69) is 25.9 Å². The van der Waals surface area contributed by atoms with Gasteiger partial charge in [0, 0.05) is 32.0 Å². The van der Waals surface area contributed by atoms with E-state index in [0.29, 0.717) is 19.0 Å². The molecule has 2 aliphatic rings. The summed E-state index contributed by atoms with van der Waals surface area (Å²) >= 11 is 0. The van der Waals surface area contributed by atoms with Crippen LogP contribution < -0.4 is 16.0 Å². The fourth-order valence-corrected chi connectivity index (χ4v) is 3.62. The molecule has 2 heterocycles. The summed E-state index contributed by atoms with van der Waals surface area (Å²) in [6.07, 6.45) is 9.60. The van der Waals surface area contributed by atoms with Crippen molar-refractivity contribution >= 4 is 11.7 Å². The molecule has 2 fully saturated rings. The van der Waals surface area contributed by atoms with Crippen molar-refractivity contribution in [3.05, 3.63) is 18.6 Å². The summed E-state index contributed by atoms with van der Waals surface area (Å²) in [4.78, 5) is 20.7. The van der Waals surface area contributed by atoms with Crippen molar-refractivity contribution in [3.8, 4) is 0 Å². The third-order valence-electron chi connectivity index (χ3n) is 4.77. The van der Waals surface area contributed by atoms with E-state index in [1.165, 1.54) is 19.3 Å². The van der Waals surface area contributed by atoms with Crippen molar-refractivity contribution in [2.24, 2.45) is 11.3 Å². The highest BCUT2D eigenvalue weighted by atomic mass is 16.2. The van der Waals surface area contributed by atoms with Gasteiger partial charge in [-0.1, -0.05) is 12.8 Å². The average Bonchev–Trinajstić information content (AvgIpc) is 2.97. The minimum Gasteiger partial charge on any atom is -0.367 e. The largest absolute Gasteiger partial charge is 0.367 e. The Bertz CT molecular complexity index is 480. The number of hydrogen-bond donors (Lipinski definition) is 3. The molecule has 3 rings (SSSR count). The molecule has 1 aliphatic carbocycles. The minimum atomic E-state index is -0.162. The number of hydrogen-bond acceptors (Lipinski definition) is 5. The van der Waals surface area contributed by atoms with Gasteiger partial charge in [-0.05, 0) is 25.3 Å². The maximum atomic E-state index is 12.6. The van der Waals surface area contributed by atoms with Crippen molar-refractivity contribution in [2.45, 2.75) is 25.7 Å². The monoisotopic (exact) mass is 289 g/mol. The Morgan fingerprint density at radius 1 is 1.38 bits per heavy atom. The van der Waals surface area contributed by atoms with Gasteiger partial charge in [-0.25, -0.2) is 4.98 Å². The van der Waals surface area contributed by atoms with E-state index in [1.54, 1.807) is 18.6 Å². The number of fused-ring (bicyclic) bond motifs is 1. The summed E-state index contributed by atoms with van der Waals surface area (Å²) in [6.45, 7) is 3.11.